The van der Waals surface area contributed by atoms with Crippen LogP contribution in [0.3, 0.4) is 0 Å². The molecular formula is C25H16N3Pt+. The Kier molecular flexibility index (Phi) is 5.59. The number of fused-ring (bicyclic) bond motifs is 1. The predicted molar refractivity (Wildman–Crippen MR) is 110 cm³/mol. The van der Waals surface area contributed by atoms with E-state index in [1.807, 2.05) is 66.9 Å². The molecule has 3 nitrogen and oxygen atoms in total. The van der Waals surface area contributed by atoms with Gasteiger partial charge in [-0.3, -0.25) is 0 Å². The van der Waals surface area contributed by atoms with Crippen molar-refractivity contribution in [3.63, 3.8) is 0 Å². The monoisotopic (exact) mass is 553 g/mol. The van der Waals surface area contributed by atoms with Crippen LogP contribution in [0.4, 0.5) is 0 Å². The van der Waals surface area contributed by atoms with Crippen LogP contribution in [0.2, 0.25) is 0 Å². The fourth-order valence-corrected chi connectivity index (χ4v) is 3.28. The summed E-state index contributed by atoms with van der Waals surface area (Å²) in [6.07, 6.45) is 5.64. The third-order valence-electron chi connectivity index (χ3n) is 4.63. The zero-order valence-electron chi connectivity index (χ0n) is 15.4. The van der Waals surface area contributed by atoms with E-state index in [9.17, 15) is 0 Å². The summed E-state index contributed by atoms with van der Waals surface area (Å²) in [5.74, 6) is 0. The minimum Gasteiger partial charge on any atom is -0.305 e. The molecule has 0 aliphatic carbocycles. The Morgan fingerprint density at radius 1 is 0.621 bits per heavy atom. The summed E-state index contributed by atoms with van der Waals surface area (Å²) in [6.45, 7) is 0. The van der Waals surface area contributed by atoms with Gasteiger partial charge in [0.25, 0.3) is 0 Å². The second-order valence-corrected chi connectivity index (χ2v) is 6.43. The standard InChI is InChI=1S/C25H16N3.Pt/c1-3-14-26-23(10-1)20-7-5-9-22(17-20)28-16-6-8-19-12-13-21(18-25(19)28)24-11-2-4-15-27-24;/h1-16H;/q-1;+2. The van der Waals surface area contributed by atoms with Gasteiger partial charge in [-0.2, -0.15) is 4.57 Å². The molecule has 0 bridgehead atoms. The maximum atomic E-state index is 4.46. The van der Waals surface area contributed by atoms with E-state index in [1.165, 1.54) is 0 Å². The molecule has 2 aromatic carbocycles. The molecule has 5 aromatic rings. The fraction of sp³-hybridized carbons (Fsp3) is 0. The minimum absolute atomic E-state index is 0. The van der Waals surface area contributed by atoms with Crippen LogP contribution in [-0.4, -0.2) is 9.97 Å². The molecule has 5 rings (SSSR count). The van der Waals surface area contributed by atoms with Gasteiger partial charge in [0.05, 0.1) is 0 Å². The van der Waals surface area contributed by atoms with Crippen molar-refractivity contribution in [2.75, 3.05) is 0 Å². The Balaban J connectivity index is 0.00000205. The molecule has 29 heavy (non-hydrogen) atoms. The zero-order valence-corrected chi connectivity index (χ0v) is 17.7. The van der Waals surface area contributed by atoms with Gasteiger partial charge >= 0.3 is 21.1 Å². The molecule has 0 aliphatic heterocycles. The molecule has 3 heterocycles. The van der Waals surface area contributed by atoms with Crippen molar-refractivity contribution in [1.82, 2.24) is 9.97 Å². The third-order valence-corrected chi connectivity index (χ3v) is 4.63. The van der Waals surface area contributed by atoms with Gasteiger partial charge in [0.2, 0.25) is 0 Å². The van der Waals surface area contributed by atoms with Gasteiger partial charge in [-0.1, -0.05) is 48.5 Å². The van der Waals surface area contributed by atoms with E-state index in [0.717, 1.165) is 39.1 Å². The summed E-state index contributed by atoms with van der Waals surface area (Å²) < 4.78 is 2.11. The quantitative estimate of drug-likeness (QED) is 0.237. The van der Waals surface area contributed by atoms with E-state index in [1.54, 1.807) is 12.4 Å². The summed E-state index contributed by atoms with van der Waals surface area (Å²) in [6, 6.07) is 33.2. The first-order valence-electron chi connectivity index (χ1n) is 9.11. The number of aromatic nitrogens is 3. The molecule has 0 N–H and O–H groups in total. The third kappa shape index (κ3) is 3.87. The normalized spacial score (nSPS) is 10.5. The zero-order chi connectivity index (χ0) is 18.8. The van der Waals surface area contributed by atoms with Crippen LogP contribution >= 0.6 is 0 Å². The molecule has 0 spiro atoms. The van der Waals surface area contributed by atoms with Crippen molar-refractivity contribution in [2.45, 2.75) is 0 Å². The van der Waals surface area contributed by atoms with Crippen LogP contribution in [0.25, 0.3) is 39.1 Å². The number of benzene rings is 2. The average Bonchev–Trinajstić information content (AvgIpc) is 2.79. The van der Waals surface area contributed by atoms with Crippen molar-refractivity contribution in [3.05, 3.63) is 110 Å². The summed E-state index contributed by atoms with van der Waals surface area (Å²) in [5, 5.41) is 1.11. The van der Waals surface area contributed by atoms with Gasteiger partial charge in [-0.25, -0.2) is 0 Å². The number of hydrogen-bond acceptors (Lipinski definition) is 2. The average molecular weight is 554 g/mol. The van der Waals surface area contributed by atoms with Gasteiger partial charge < -0.3 is 9.97 Å². The summed E-state index contributed by atoms with van der Waals surface area (Å²) in [4.78, 5) is 8.90. The second-order valence-electron chi connectivity index (χ2n) is 6.43. The molecule has 0 fully saturated rings. The molecule has 140 valence electrons. The van der Waals surface area contributed by atoms with E-state index in [-0.39, 0.29) is 21.1 Å². The van der Waals surface area contributed by atoms with Crippen LogP contribution in [0.15, 0.2) is 97.5 Å². The SMILES string of the molecule is [Pt+2].[c-]1c(-c2ccccn2)cccc1-[n+]1cccc2ccc(-c3ccccn3)[c-]c21. The van der Waals surface area contributed by atoms with Crippen LogP contribution in [0, 0.1) is 12.1 Å². The Morgan fingerprint density at radius 2 is 1.34 bits per heavy atom. The molecule has 0 saturated heterocycles. The fourth-order valence-electron chi connectivity index (χ4n) is 3.28. The van der Waals surface area contributed by atoms with Crippen molar-refractivity contribution in [2.24, 2.45) is 0 Å². The Hall–Kier alpha value is -3.16. The number of rotatable bonds is 3. The maximum absolute atomic E-state index is 4.46. The molecule has 0 unspecified atom stereocenters. The minimum atomic E-state index is 0. The molecular weight excluding hydrogens is 537 g/mol. The molecule has 0 aliphatic rings. The van der Waals surface area contributed by atoms with Gasteiger partial charge in [0, 0.05) is 12.4 Å². The van der Waals surface area contributed by atoms with Crippen molar-refractivity contribution in [1.29, 1.82) is 0 Å². The van der Waals surface area contributed by atoms with Gasteiger partial charge in [-0.05, 0) is 35.0 Å². The smallest absolute Gasteiger partial charge is 0.305 e. The maximum Gasteiger partial charge on any atom is 2.00 e. The van der Waals surface area contributed by atoms with E-state index in [0.29, 0.717) is 0 Å². The van der Waals surface area contributed by atoms with E-state index >= 15 is 0 Å². The number of nitrogens with zero attached hydrogens (tertiary/aromatic N) is 3. The second kappa shape index (κ2) is 8.46. The van der Waals surface area contributed by atoms with Gasteiger partial charge in [0.1, 0.15) is 11.2 Å². The Bertz CT molecular complexity index is 1260. The first kappa shape index (κ1) is 19.2. The largest absolute Gasteiger partial charge is 2.00 e. The number of hydrogen-bond donors (Lipinski definition) is 0. The van der Waals surface area contributed by atoms with E-state index < -0.39 is 0 Å². The van der Waals surface area contributed by atoms with E-state index in [4.69, 9.17) is 0 Å². The van der Waals surface area contributed by atoms with Gasteiger partial charge in [0.15, 0.2) is 6.20 Å². The Labute approximate surface area is 184 Å². The predicted octanol–water partition coefficient (Wildman–Crippen LogP) is 4.84. The van der Waals surface area contributed by atoms with Crippen LogP contribution in [0.1, 0.15) is 0 Å². The van der Waals surface area contributed by atoms with Gasteiger partial charge in [-0.15, -0.1) is 35.4 Å². The van der Waals surface area contributed by atoms with Crippen molar-refractivity contribution >= 4 is 10.9 Å². The first-order valence-corrected chi connectivity index (χ1v) is 9.11. The summed E-state index contributed by atoms with van der Waals surface area (Å²) in [7, 11) is 0. The molecule has 3 aromatic heterocycles. The molecule has 0 radical (unpaired) electrons. The summed E-state index contributed by atoms with van der Waals surface area (Å²) in [5.41, 5.74) is 5.68. The van der Waals surface area contributed by atoms with Crippen LogP contribution < -0.4 is 4.57 Å². The van der Waals surface area contributed by atoms with Crippen molar-refractivity contribution in [3.8, 4) is 28.2 Å². The number of pyridine rings is 3. The van der Waals surface area contributed by atoms with Crippen molar-refractivity contribution < 1.29 is 25.6 Å². The molecule has 0 saturated carbocycles. The van der Waals surface area contributed by atoms with Crippen LogP contribution in [0.5, 0.6) is 0 Å². The molecule has 0 amide bonds. The van der Waals surface area contributed by atoms with E-state index in [2.05, 4.69) is 44.9 Å². The summed E-state index contributed by atoms with van der Waals surface area (Å²) >= 11 is 0. The van der Waals surface area contributed by atoms with Crippen LogP contribution in [-0.2, 0) is 21.1 Å². The Morgan fingerprint density at radius 3 is 2.03 bits per heavy atom. The molecule has 4 heteroatoms. The topological polar surface area (TPSA) is 29.7 Å². The molecule has 0 atom stereocenters. The first-order chi connectivity index (χ1) is 13.9.